The molecule has 2 aromatic rings. The molecule has 0 aliphatic rings. The van der Waals surface area contributed by atoms with Gasteiger partial charge in [0.15, 0.2) is 0 Å². The number of hydrogen-bond donors (Lipinski definition) is 2. The van der Waals surface area contributed by atoms with Gasteiger partial charge in [0.05, 0.1) is 6.04 Å². The highest BCUT2D eigenvalue weighted by Gasteiger charge is 2.10. The number of aryl methyl sites for hydroxylation is 1. The first kappa shape index (κ1) is 14.0. The fraction of sp³-hybridized carbons (Fsp3) is 0.200. The second-order valence-corrected chi connectivity index (χ2v) is 5.31. The molecule has 3 N–H and O–H groups in total. The smallest absolute Gasteiger partial charge is 0.125 e. The molecule has 0 saturated carbocycles. The van der Waals surface area contributed by atoms with Gasteiger partial charge in [-0.15, -0.1) is 0 Å². The maximum absolute atomic E-state index is 13.2. The first-order valence-corrected chi connectivity index (χ1v) is 6.87. The van der Waals surface area contributed by atoms with Crippen molar-refractivity contribution in [2.75, 3.05) is 11.9 Å². The molecule has 2 nitrogen and oxygen atoms in total. The molecule has 0 saturated heterocycles. The molecule has 0 aromatic heterocycles. The van der Waals surface area contributed by atoms with E-state index in [-0.39, 0.29) is 11.9 Å². The molecule has 2 rings (SSSR count). The molecule has 1 atom stereocenters. The Morgan fingerprint density at radius 3 is 2.68 bits per heavy atom. The summed E-state index contributed by atoms with van der Waals surface area (Å²) in [5.41, 5.74) is 8.78. The molecule has 0 spiro atoms. The lowest BCUT2D eigenvalue weighted by molar-refractivity contribution is 0.627. The van der Waals surface area contributed by atoms with Gasteiger partial charge >= 0.3 is 0 Å². The van der Waals surface area contributed by atoms with Crippen molar-refractivity contribution in [3.8, 4) is 0 Å². The quantitative estimate of drug-likeness (QED) is 0.892. The van der Waals surface area contributed by atoms with Gasteiger partial charge in [0, 0.05) is 16.7 Å². The monoisotopic (exact) mass is 322 g/mol. The normalized spacial score (nSPS) is 12.2. The van der Waals surface area contributed by atoms with Crippen LogP contribution in [0, 0.1) is 12.7 Å². The van der Waals surface area contributed by atoms with Gasteiger partial charge < -0.3 is 11.1 Å². The van der Waals surface area contributed by atoms with Gasteiger partial charge in [0.2, 0.25) is 0 Å². The minimum absolute atomic E-state index is 0.0337. The summed E-state index contributed by atoms with van der Waals surface area (Å²) in [6, 6.07) is 12.5. The summed E-state index contributed by atoms with van der Waals surface area (Å²) in [7, 11) is 0. The van der Waals surface area contributed by atoms with Crippen LogP contribution in [0.15, 0.2) is 46.9 Å². The topological polar surface area (TPSA) is 38.0 Å². The zero-order valence-electron chi connectivity index (χ0n) is 10.7. The summed E-state index contributed by atoms with van der Waals surface area (Å²) in [4.78, 5) is 0. The van der Waals surface area contributed by atoms with Crippen LogP contribution in [-0.2, 0) is 0 Å². The van der Waals surface area contributed by atoms with Crippen LogP contribution in [-0.4, -0.2) is 6.54 Å². The predicted molar refractivity (Wildman–Crippen MR) is 80.7 cm³/mol. The summed E-state index contributed by atoms with van der Waals surface area (Å²) in [6.45, 7) is 2.47. The SMILES string of the molecule is Cc1cc(C(CN)Nc2cccc(F)c2)ccc1Br. The summed E-state index contributed by atoms with van der Waals surface area (Å²) >= 11 is 3.48. The van der Waals surface area contributed by atoms with E-state index >= 15 is 0 Å². The Bertz CT molecular complexity index is 572. The Kier molecular flexibility index (Phi) is 4.56. The van der Waals surface area contributed by atoms with Crippen molar-refractivity contribution in [2.45, 2.75) is 13.0 Å². The molecular weight excluding hydrogens is 307 g/mol. The average Bonchev–Trinajstić information content (AvgIpc) is 2.39. The Balaban J connectivity index is 2.22. The van der Waals surface area contributed by atoms with E-state index in [0.29, 0.717) is 6.54 Å². The molecule has 2 aromatic carbocycles. The lowest BCUT2D eigenvalue weighted by Crippen LogP contribution is -2.20. The van der Waals surface area contributed by atoms with E-state index < -0.39 is 0 Å². The highest BCUT2D eigenvalue weighted by Crippen LogP contribution is 2.24. The van der Waals surface area contributed by atoms with Crippen LogP contribution < -0.4 is 11.1 Å². The predicted octanol–water partition coefficient (Wildman–Crippen LogP) is 4.01. The zero-order chi connectivity index (χ0) is 13.8. The number of nitrogens with two attached hydrogens (primary N) is 1. The molecule has 0 aliphatic heterocycles. The number of rotatable bonds is 4. The molecule has 4 heteroatoms. The van der Waals surface area contributed by atoms with Crippen LogP contribution in [0.5, 0.6) is 0 Å². The fourth-order valence-electron chi connectivity index (χ4n) is 1.94. The first-order valence-electron chi connectivity index (χ1n) is 6.08. The molecule has 1 unspecified atom stereocenters. The minimum Gasteiger partial charge on any atom is -0.377 e. The molecular formula is C15H16BrFN2. The molecule has 19 heavy (non-hydrogen) atoms. The van der Waals surface area contributed by atoms with Crippen LogP contribution in [0.25, 0.3) is 0 Å². The average molecular weight is 323 g/mol. The second-order valence-electron chi connectivity index (χ2n) is 4.45. The van der Waals surface area contributed by atoms with Crippen molar-refractivity contribution in [3.05, 3.63) is 63.9 Å². The maximum atomic E-state index is 13.2. The van der Waals surface area contributed by atoms with Crippen LogP contribution in [0.3, 0.4) is 0 Å². The van der Waals surface area contributed by atoms with Crippen LogP contribution in [0.2, 0.25) is 0 Å². The minimum atomic E-state index is -0.257. The first-order chi connectivity index (χ1) is 9.10. The third-order valence-electron chi connectivity index (χ3n) is 2.99. The number of hydrogen-bond acceptors (Lipinski definition) is 2. The third-order valence-corrected chi connectivity index (χ3v) is 3.88. The molecule has 0 aliphatic carbocycles. The van der Waals surface area contributed by atoms with Gasteiger partial charge in [0.25, 0.3) is 0 Å². The van der Waals surface area contributed by atoms with Crippen molar-refractivity contribution in [3.63, 3.8) is 0 Å². The van der Waals surface area contributed by atoms with Gasteiger partial charge in [-0.05, 0) is 42.3 Å². The van der Waals surface area contributed by atoms with E-state index in [9.17, 15) is 4.39 Å². The Morgan fingerprint density at radius 2 is 2.05 bits per heavy atom. The number of anilines is 1. The number of halogens is 2. The third kappa shape index (κ3) is 3.55. The van der Waals surface area contributed by atoms with E-state index in [1.807, 2.05) is 25.1 Å². The van der Waals surface area contributed by atoms with Crippen molar-refractivity contribution in [1.82, 2.24) is 0 Å². The molecule has 100 valence electrons. The van der Waals surface area contributed by atoms with Gasteiger partial charge in [-0.3, -0.25) is 0 Å². The molecule has 0 amide bonds. The van der Waals surface area contributed by atoms with Gasteiger partial charge in [-0.1, -0.05) is 34.1 Å². The van der Waals surface area contributed by atoms with Crippen molar-refractivity contribution in [2.24, 2.45) is 5.73 Å². The van der Waals surface area contributed by atoms with Crippen molar-refractivity contribution in [1.29, 1.82) is 0 Å². The van der Waals surface area contributed by atoms with E-state index in [0.717, 1.165) is 21.3 Å². The lowest BCUT2D eigenvalue weighted by atomic mass is 10.0. The van der Waals surface area contributed by atoms with Crippen molar-refractivity contribution >= 4 is 21.6 Å². The van der Waals surface area contributed by atoms with Crippen molar-refractivity contribution < 1.29 is 4.39 Å². The number of benzene rings is 2. The van der Waals surface area contributed by atoms with Crippen LogP contribution in [0.1, 0.15) is 17.2 Å². The van der Waals surface area contributed by atoms with E-state index in [2.05, 4.69) is 27.3 Å². The summed E-state index contributed by atoms with van der Waals surface area (Å²) in [5.74, 6) is -0.257. The van der Waals surface area contributed by atoms with Gasteiger partial charge in [-0.2, -0.15) is 0 Å². The molecule has 0 heterocycles. The molecule has 0 fully saturated rings. The fourth-order valence-corrected chi connectivity index (χ4v) is 2.19. The van der Waals surface area contributed by atoms with Crippen LogP contribution >= 0.6 is 15.9 Å². The largest absolute Gasteiger partial charge is 0.377 e. The summed E-state index contributed by atoms with van der Waals surface area (Å²) in [6.07, 6.45) is 0. The highest BCUT2D eigenvalue weighted by atomic mass is 79.9. The highest BCUT2D eigenvalue weighted by molar-refractivity contribution is 9.10. The standard InChI is InChI=1S/C15H16BrFN2/c1-10-7-11(5-6-14(10)16)15(9-18)19-13-4-2-3-12(17)8-13/h2-8,15,19H,9,18H2,1H3. The van der Waals surface area contributed by atoms with Gasteiger partial charge in [0.1, 0.15) is 5.82 Å². The van der Waals surface area contributed by atoms with Crippen LogP contribution in [0.4, 0.5) is 10.1 Å². The Hall–Kier alpha value is -1.39. The van der Waals surface area contributed by atoms with E-state index in [1.165, 1.54) is 12.1 Å². The zero-order valence-corrected chi connectivity index (χ0v) is 12.2. The molecule has 0 radical (unpaired) electrons. The van der Waals surface area contributed by atoms with Gasteiger partial charge in [-0.25, -0.2) is 4.39 Å². The number of nitrogens with one attached hydrogen (secondary N) is 1. The Labute approximate surface area is 121 Å². The van der Waals surface area contributed by atoms with E-state index in [1.54, 1.807) is 6.07 Å². The second kappa shape index (κ2) is 6.17. The summed E-state index contributed by atoms with van der Waals surface area (Å²) in [5, 5.41) is 3.25. The summed E-state index contributed by atoms with van der Waals surface area (Å²) < 4.78 is 14.2. The lowest BCUT2D eigenvalue weighted by Gasteiger charge is -2.19. The molecule has 0 bridgehead atoms. The van der Waals surface area contributed by atoms with E-state index in [4.69, 9.17) is 5.73 Å². The Morgan fingerprint density at radius 1 is 1.26 bits per heavy atom. The maximum Gasteiger partial charge on any atom is 0.125 e.